The van der Waals surface area contributed by atoms with Crippen molar-refractivity contribution in [2.45, 2.75) is 13.0 Å². The quantitative estimate of drug-likeness (QED) is 0.732. The molecule has 0 radical (unpaired) electrons. The number of rotatable bonds is 3. The van der Waals surface area contributed by atoms with Crippen molar-refractivity contribution in [2.24, 2.45) is 0 Å². The Labute approximate surface area is 150 Å². The summed E-state index contributed by atoms with van der Waals surface area (Å²) in [6, 6.07) is 16.4. The van der Waals surface area contributed by atoms with Crippen molar-refractivity contribution in [3.05, 3.63) is 76.5 Å². The van der Waals surface area contributed by atoms with Crippen LogP contribution in [0.5, 0.6) is 0 Å². The Bertz CT molecular complexity index is 803. The summed E-state index contributed by atoms with van der Waals surface area (Å²) in [5.41, 5.74) is 2.98. The van der Waals surface area contributed by atoms with E-state index in [1.54, 1.807) is 12.1 Å². The first-order valence-corrected chi connectivity index (χ1v) is 8.23. The van der Waals surface area contributed by atoms with E-state index < -0.39 is 0 Å². The fraction of sp³-hybridized carbons (Fsp3) is 0.111. The van der Waals surface area contributed by atoms with Crippen LogP contribution in [-0.2, 0) is 4.79 Å². The third-order valence-corrected chi connectivity index (χ3v) is 4.22. The lowest BCUT2D eigenvalue weighted by Crippen LogP contribution is -2.45. The minimum absolute atomic E-state index is 0.179. The van der Waals surface area contributed by atoms with Crippen LogP contribution in [0.25, 0.3) is 0 Å². The molecule has 6 heteroatoms. The molecule has 1 heterocycles. The van der Waals surface area contributed by atoms with E-state index in [9.17, 15) is 4.79 Å². The standard InChI is InChI=1S/C18H16ClN3OS/c1-11-15(17(23)21-14-5-3-2-4-6-14)16(22-18(24)20-11)12-7-9-13(19)10-8-12/h2-10,16H,1H3,(H,21,23)(H2,20,22,24). The predicted molar refractivity (Wildman–Crippen MR) is 101 cm³/mol. The van der Waals surface area contributed by atoms with Gasteiger partial charge in [0.05, 0.1) is 11.6 Å². The number of thiocarbonyl (C=S) groups is 1. The first kappa shape index (κ1) is 16.5. The molecule has 0 bridgehead atoms. The molecule has 0 saturated carbocycles. The van der Waals surface area contributed by atoms with E-state index in [1.165, 1.54) is 0 Å². The molecule has 3 N–H and O–H groups in total. The number of anilines is 1. The van der Waals surface area contributed by atoms with Crippen LogP contribution < -0.4 is 16.0 Å². The largest absolute Gasteiger partial charge is 0.351 e. The fourth-order valence-electron chi connectivity index (χ4n) is 2.62. The number of hydrogen-bond acceptors (Lipinski definition) is 2. The van der Waals surface area contributed by atoms with Crippen LogP contribution in [0.2, 0.25) is 5.02 Å². The van der Waals surface area contributed by atoms with Crippen molar-refractivity contribution in [1.82, 2.24) is 10.6 Å². The third-order valence-electron chi connectivity index (χ3n) is 3.75. The molecular formula is C18H16ClN3OS. The van der Waals surface area contributed by atoms with Crippen LogP contribution in [0.3, 0.4) is 0 Å². The molecule has 2 aromatic carbocycles. The summed E-state index contributed by atoms with van der Waals surface area (Å²) in [7, 11) is 0. The van der Waals surface area contributed by atoms with Gasteiger partial charge in [-0.2, -0.15) is 0 Å². The molecule has 122 valence electrons. The Morgan fingerprint density at radius 1 is 1.12 bits per heavy atom. The van der Waals surface area contributed by atoms with Crippen molar-refractivity contribution >= 4 is 40.5 Å². The second kappa shape index (κ2) is 7.03. The van der Waals surface area contributed by atoms with Crippen LogP contribution >= 0.6 is 23.8 Å². The molecule has 4 nitrogen and oxygen atoms in total. The Kier molecular flexibility index (Phi) is 4.83. The zero-order chi connectivity index (χ0) is 17.1. The molecule has 0 saturated heterocycles. The zero-order valence-corrected chi connectivity index (χ0v) is 14.5. The summed E-state index contributed by atoms with van der Waals surface area (Å²) >= 11 is 11.2. The number of carbonyl (C=O) groups excluding carboxylic acids is 1. The van der Waals surface area contributed by atoms with E-state index in [2.05, 4.69) is 16.0 Å². The SMILES string of the molecule is CC1=C(C(=O)Nc2ccccc2)C(c2ccc(Cl)cc2)NC(=S)N1. The fourth-order valence-corrected chi connectivity index (χ4v) is 3.02. The highest BCUT2D eigenvalue weighted by atomic mass is 35.5. The number of halogens is 1. The Morgan fingerprint density at radius 3 is 2.46 bits per heavy atom. The summed E-state index contributed by atoms with van der Waals surface area (Å²) in [6.45, 7) is 1.84. The molecule has 1 atom stereocenters. The number of nitrogens with one attached hydrogen (secondary N) is 3. The van der Waals surface area contributed by atoms with Gasteiger partial charge in [0, 0.05) is 16.4 Å². The molecule has 1 unspecified atom stereocenters. The molecule has 2 aromatic rings. The predicted octanol–water partition coefficient (Wildman–Crippen LogP) is 3.77. The molecule has 3 rings (SSSR count). The maximum Gasteiger partial charge on any atom is 0.255 e. The summed E-state index contributed by atoms with van der Waals surface area (Å²) in [4.78, 5) is 12.8. The number of hydrogen-bond donors (Lipinski definition) is 3. The minimum Gasteiger partial charge on any atom is -0.351 e. The zero-order valence-electron chi connectivity index (χ0n) is 13.0. The maximum absolute atomic E-state index is 12.8. The first-order chi connectivity index (χ1) is 11.5. The topological polar surface area (TPSA) is 53.2 Å². The molecule has 1 aliphatic rings. The number of para-hydroxylation sites is 1. The van der Waals surface area contributed by atoms with Crippen molar-refractivity contribution in [2.75, 3.05) is 5.32 Å². The Hall–Kier alpha value is -2.37. The summed E-state index contributed by atoms with van der Waals surface area (Å²) in [5, 5.41) is 10.2. The van der Waals surface area contributed by atoms with E-state index >= 15 is 0 Å². The molecule has 24 heavy (non-hydrogen) atoms. The first-order valence-electron chi connectivity index (χ1n) is 7.45. The second-order valence-electron chi connectivity index (χ2n) is 5.44. The third kappa shape index (κ3) is 3.58. The summed E-state index contributed by atoms with van der Waals surface area (Å²) in [5.74, 6) is -0.179. The van der Waals surface area contributed by atoms with Crippen LogP contribution in [0.4, 0.5) is 5.69 Å². The van der Waals surface area contributed by atoms with E-state index in [4.69, 9.17) is 23.8 Å². The van der Waals surface area contributed by atoms with Gasteiger partial charge >= 0.3 is 0 Å². The lowest BCUT2D eigenvalue weighted by molar-refractivity contribution is -0.113. The lowest BCUT2D eigenvalue weighted by atomic mass is 9.95. The van der Waals surface area contributed by atoms with Gasteiger partial charge in [-0.1, -0.05) is 41.9 Å². The summed E-state index contributed by atoms with van der Waals surface area (Å²) in [6.07, 6.45) is 0. The highest BCUT2D eigenvalue weighted by Crippen LogP contribution is 2.28. The van der Waals surface area contributed by atoms with Gasteiger partial charge < -0.3 is 16.0 Å². The average Bonchev–Trinajstić information content (AvgIpc) is 2.55. The highest BCUT2D eigenvalue weighted by Gasteiger charge is 2.29. The van der Waals surface area contributed by atoms with Crippen LogP contribution in [0, 0.1) is 0 Å². The van der Waals surface area contributed by atoms with Crippen molar-refractivity contribution in [1.29, 1.82) is 0 Å². The number of benzene rings is 2. The Morgan fingerprint density at radius 2 is 1.79 bits per heavy atom. The number of allylic oxidation sites excluding steroid dienone is 1. The maximum atomic E-state index is 12.8. The molecule has 1 aliphatic heterocycles. The highest BCUT2D eigenvalue weighted by molar-refractivity contribution is 7.80. The molecular weight excluding hydrogens is 342 g/mol. The molecule has 0 aromatic heterocycles. The second-order valence-corrected chi connectivity index (χ2v) is 6.29. The van der Waals surface area contributed by atoms with Gasteiger partial charge in [0.25, 0.3) is 5.91 Å². The minimum atomic E-state index is -0.334. The van der Waals surface area contributed by atoms with Gasteiger partial charge in [-0.05, 0) is 49.0 Å². The van der Waals surface area contributed by atoms with E-state index in [0.717, 1.165) is 16.9 Å². The van der Waals surface area contributed by atoms with E-state index in [-0.39, 0.29) is 11.9 Å². The number of carbonyl (C=O) groups is 1. The van der Waals surface area contributed by atoms with Gasteiger partial charge in [-0.15, -0.1) is 0 Å². The van der Waals surface area contributed by atoms with E-state index in [0.29, 0.717) is 15.7 Å². The van der Waals surface area contributed by atoms with Crippen LogP contribution in [-0.4, -0.2) is 11.0 Å². The smallest absolute Gasteiger partial charge is 0.255 e. The van der Waals surface area contributed by atoms with E-state index in [1.807, 2.05) is 49.4 Å². The van der Waals surface area contributed by atoms with Crippen molar-refractivity contribution in [3.63, 3.8) is 0 Å². The lowest BCUT2D eigenvalue weighted by Gasteiger charge is -2.30. The molecule has 1 amide bonds. The monoisotopic (exact) mass is 357 g/mol. The van der Waals surface area contributed by atoms with Crippen molar-refractivity contribution in [3.8, 4) is 0 Å². The van der Waals surface area contributed by atoms with Gasteiger partial charge in [-0.3, -0.25) is 4.79 Å². The average molecular weight is 358 g/mol. The Balaban J connectivity index is 1.94. The van der Waals surface area contributed by atoms with Gasteiger partial charge in [0.1, 0.15) is 0 Å². The van der Waals surface area contributed by atoms with Crippen LogP contribution in [0.15, 0.2) is 65.9 Å². The number of amides is 1. The summed E-state index contributed by atoms with van der Waals surface area (Å²) < 4.78 is 0. The van der Waals surface area contributed by atoms with Gasteiger partial charge in [0.15, 0.2) is 5.11 Å². The van der Waals surface area contributed by atoms with Crippen molar-refractivity contribution < 1.29 is 4.79 Å². The molecule has 0 spiro atoms. The molecule has 0 fully saturated rings. The molecule has 0 aliphatic carbocycles. The van der Waals surface area contributed by atoms with Gasteiger partial charge in [0.2, 0.25) is 0 Å². The normalized spacial score (nSPS) is 17.1. The van der Waals surface area contributed by atoms with Crippen LogP contribution in [0.1, 0.15) is 18.5 Å². The van der Waals surface area contributed by atoms with Gasteiger partial charge in [-0.25, -0.2) is 0 Å².